The fourth-order valence-corrected chi connectivity index (χ4v) is 2.89. The first-order chi connectivity index (χ1) is 13.9. The predicted molar refractivity (Wildman–Crippen MR) is 103 cm³/mol. The smallest absolute Gasteiger partial charge is 0.387 e. The molecule has 2 N–H and O–H groups in total. The first kappa shape index (κ1) is 22.5. The zero-order chi connectivity index (χ0) is 21.2. The molecule has 1 atom stereocenters. The summed E-state index contributed by atoms with van der Waals surface area (Å²) in [5, 5.41) is 2.85. The highest BCUT2D eigenvalue weighted by atomic mass is 19.3. The van der Waals surface area contributed by atoms with Gasteiger partial charge < -0.3 is 19.7 Å². The van der Waals surface area contributed by atoms with Crippen LogP contribution in [0.1, 0.15) is 18.1 Å². The molecule has 2 rings (SSSR count). The molecule has 0 saturated heterocycles. The van der Waals surface area contributed by atoms with Crippen molar-refractivity contribution in [1.82, 2.24) is 5.32 Å². The average Bonchev–Trinajstić information content (AvgIpc) is 2.68. The highest BCUT2D eigenvalue weighted by Crippen LogP contribution is 2.17. The third-order valence-electron chi connectivity index (χ3n) is 4.47. The molecule has 1 unspecified atom stereocenters. The zero-order valence-corrected chi connectivity index (χ0v) is 16.5. The molecule has 0 aliphatic heterocycles. The van der Waals surface area contributed by atoms with Crippen LogP contribution in [0.25, 0.3) is 0 Å². The van der Waals surface area contributed by atoms with E-state index < -0.39 is 12.4 Å². The van der Waals surface area contributed by atoms with Gasteiger partial charge in [-0.25, -0.2) is 4.39 Å². The minimum absolute atomic E-state index is 0.102. The normalized spacial score (nSPS) is 11.9. The number of likely N-dealkylation sites (N-methyl/N-ethyl adjacent to an activating group) is 1. The van der Waals surface area contributed by atoms with Gasteiger partial charge in [0, 0.05) is 12.1 Å². The fourth-order valence-electron chi connectivity index (χ4n) is 2.89. The van der Waals surface area contributed by atoms with Crippen molar-refractivity contribution >= 4 is 5.91 Å². The Morgan fingerprint density at radius 3 is 2.41 bits per heavy atom. The number of rotatable bonds is 11. The number of benzene rings is 2. The maximum atomic E-state index is 13.8. The highest BCUT2D eigenvalue weighted by Gasteiger charge is 2.14. The van der Waals surface area contributed by atoms with E-state index in [4.69, 9.17) is 4.74 Å². The number of ether oxygens (including phenoxy) is 2. The molecule has 0 saturated carbocycles. The number of hydrogen-bond donors (Lipinski definition) is 2. The lowest BCUT2D eigenvalue weighted by molar-refractivity contribution is -0.904. The molecule has 0 radical (unpaired) electrons. The van der Waals surface area contributed by atoms with E-state index >= 15 is 0 Å². The molecule has 2 aromatic carbocycles. The van der Waals surface area contributed by atoms with E-state index in [-0.39, 0.29) is 24.0 Å². The van der Waals surface area contributed by atoms with Crippen LogP contribution in [0, 0.1) is 5.82 Å². The summed E-state index contributed by atoms with van der Waals surface area (Å²) in [6, 6.07) is 11.1. The molecule has 8 heteroatoms. The van der Waals surface area contributed by atoms with Crippen LogP contribution >= 0.6 is 0 Å². The van der Waals surface area contributed by atoms with Crippen molar-refractivity contribution in [3.63, 3.8) is 0 Å². The second-order valence-corrected chi connectivity index (χ2v) is 6.55. The number of methoxy groups -OCH3 is 1. The van der Waals surface area contributed by atoms with Gasteiger partial charge in [0.15, 0.2) is 18.1 Å². The van der Waals surface area contributed by atoms with Crippen LogP contribution < -0.4 is 19.7 Å². The molecule has 29 heavy (non-hydrogen) atoms. The minimum Gasteiger partial charge on any atom is -0.494 e. The lowest BCUT2D eigenvalue weighted by Gasteiger charge is -2.17. The molecule has 158 valence electrons. The van der Waals surface area contributed by atoms with Crippen molar-refractivity contribution in [2.45, 2.75) is 26.5 Å². The molecule has 2 aromatic rings. The van der Waals surface area contributed by atoms with Crippen LogP contribution in [0.4, 0.5) is 13.2 Å². The standard InChI is InChI=1S/C21H25F3N2O3/c1-3-26(13-16-6-9-19(28-2)18(22)12-16)14-20(27)25-11-10-15-4-7-17(8-5-15)29-21(23)24/h4-9,12,21H,3,10-11,13-14H2,1-2H3,(H,25,27)/p+1. The first-order valence-electron chi connectivity index (χ1n) is 9.37. The Hall–Kier alpha value is -2.74. The molecule has 1 amide bonds. The summed E-state index contributed by atoms with van der Waals surface area (Å²) in [6.45, 7) is 1.06. The number of amides is 1. The third kappa shape index (κ3) is 7.65. The zero-order valence-electron chi connectivity index (χ0n) is 16.5. The maximum Gasteiger partial charge on any atom is 0.387 e. The van der Waals surface area contributed by atoms with Gasteiger partial charge in [-0.2, -0.15) is 8.78 Å². The number of carbonyl (C=O) groups is 1. The lowest BCUT2D eigenvalue weighted by Crippen LogP contribution is -3.11. The van der Waals surface area contributed by atoms with Crippen molar-refractivity contribution in [3.05, 3.63) is 59.4 Å². The average molecular weight is 411 g/mol. The van der Waals surface area contributed by atoms with Gasteiger partial charge >= 0.3 is 6.61 Å². The van der Waals surface area contributed by atoms with Crippen LogP contribution in [0.2, 0.25) is 0 Å². The Morgan fingerprint density at radius 2 is 1.83 bits per heavy atom. The molecule has 5 nitrogen and oxygen atoms in total. The van der Waals surface area contributed by atoms with E-state index in [9.17, 15) is 18.0 Å². The van der Waals surface area contributed by atoms with Crippen LogP contribution in [0.15, 0.2) is 42.5 Å². The molecule has 0 bridgehead atoms. The number of halogens is 3. The summed E-state index contributed by atoms with van der Waals surface area (Å²) in [5.41, 5.74) is 1.69. The quantitative estimate of drug-likeness (QED) is 0.596. The Balaban J connectivity index is 1.77. The van der Waals surface area contributed by atoms with Gasteiger partial charge in [0.2, 0.25) is 0 Å². The van der Waals surface area contributed by atoms with Crippen molar-refractivity contribution in [2.24, 2.45) is 0 Å². The summed E-state index contributed by atoms with van der Waals surface area (Å²) in [6.07, 6.45) is 0.575. The fraction of sp³-hybridized carbons (Fsp3) is 0.381. The van der Waals surface area contributed by atoms with Gasteiger partial charge in [-0.3, -0.25) is 4.79 Å². The van der Waals surface area contributed by atoms with Crippen LogP contribution in [0.5, 0.6) is 11.5 Å². The predicted octanol–water partition coefficient (Wildman–Crippen LogP) is 2.20. The van der Waals surface area contributed by atoms with E-state index in [1.165, 1.54) is 25.3 Å². The van der Waals surface area contributed by atoms with Gasteiger partial charge in [-0.05, 0) is 49.2 Å². The molecule has 0 aliphatic carbocycles. The summed E-state index contributed by atoms with van der Waals surface area (Å²) < 4.78 is 47.3. The van der Waals surface area contributed by atoms with Gasteiger partial charge in [0.05, 0.1) is 13.7 Å². The van der Waals surface area contributed by atoms with Crippen LogP contribution in [0.3, 0.4) is 0 Å². The third-order valence-corrected chi connectivity index (χ3v) is 4.47. The van der Waals surface area contributed by atoms with Crippen LogP contribution in [-0.2, 0) is 17.8 Å². The van der Waals surface area contributed by atoms with Gasteiger partial charge in [0.25, 0.3) is 5.91 Å². The SMILES string of the molecule is CC[NH+](CC(=O)NCCc1ccc(OC(F)F)cc1)Cc1ccc(OC)c(F)c1. The van der Waals surface area contributed by atoms with Crippen molar-refractivity contribution in [1.29, 1.82) is 0 Å². The Bertz CT molecular complexity index is 785. The van der Waals surface area contributed by atoms with Crippen molar-refractivity contribution < 1.29 is 32.3 Å². The maximum absolute atomic E-state index is 13.8. The Morgan fingerprint density at radius 1 is 1.14 bits per heavy atom. The topological polar surface area (TPSA) is 52.0 Å². The van der Waals surface area contributed by atoms with Crippen molar-refractivity contribution in [3.8, 4) is 11.5 Å². The molecule has 0 aromatic heterocycles. The summed E-state index contributed by atoms with van der Waals surface area (Å²) in [7, 11) is 1.41. The van der Waals surface area contributed by atoms with Gasteiger partial charge in [-0.1, -0.05) is 12.1 Å². The highest BCUT2D eigenvalue weighted by molar-refractivity contribution is 5.76. The second kappa shape index (κ2) is 11.3. The minimum atomic E-state index is -2.85. The summed E-state index contributed by atoms with van der Waals surface area (Å²) >= 11 is 0. The van der Waals surface area contributed by atoms with E-state index in [0.29, 0.717) is 26.1 Å². The summed E-state index contributed by atoms with van der Waals surface area (Å²) in [4.78, 5) is 13.2. The van der Waals surface area contributed by atoms with Gasteiger partial charge in [-0.15, -0.1) is 0 Å². The number of quaternary nitrogens is 1. The molecular weight excluding hydrogens is 385 g/mol. The van der Waals surface area contributed by atoms with E-state index in [2.05, 4.69) is 10.1 Å². The van der Waals surface area contributed by atoms with E-state index in [1.807, 2.05) is 6.92 Å². The summed E-state index contributed by atoms with van der Waals surface area (Å²) in [5.74, 6) is -0.230. The monoisotopic (exact) mass is 411 g/mol. The number of alkyl halides is 2. The first-order valence-corrected chi connectivity index (χ1v) is 9.37. The number of carbonyl (C=O) groups excluding carboxylic acids is 1. The molecular formula is C21H26F3N2O3+. The van der Waals surface area contributed by atoms with Crippen LogP contribution in [-0.4, -0.2) is 39.3 Å². The molecule has 0 heterocycles. The molecule has 0 spiro atoms. The lowest BCUT2D eigenvalue weighted by atomic mass is 10.1. The number of hydrogen-bond acceptors (Lipinski definition) is 3. The van der Waals surface area contributed by atoms with E-state index in [1.54, 1.807) is 24.3 Å². The largest absolute Gasteiger partial charge is 0.494 e. The molecule has 0 fully saturated rings. The number of nitrogens with one attached hydrogen (secondary N) is 2. The van der Waals surface area contributed by atoms with E-state index in [0.717, 1.165) is 16.0 Å². The van der Waals surface area contributed by atoms with Crippen molar-refractivity contribution in [2.75, 3.05) is 26.7 Å². The Kier molecular flexibility index (Phi) is 8.79. The second-order valence-electron chi connectivity index (χ2n) is 6.55. The Labute approximate surface area is 168 Å². The van der Waals surface area contributed by atoms with Gasteiger partial charge in [0.1, 0.15) is 12.3 Å². The molecule has 0 aliphatic rings.